The number of hydrogen-bond acceptors (Lipinski definition) is 4. The first kappa shape index (κ1) is 19.2. The van der Waals surface area contributed by atoms with Gasteiger partial charge in [-0.15, -0.1) is 0 Å². The van der Waals surface area contributed by atoms with E-state index < -0.39 is 0 Å². The quantitative estimate of drug-likeness (QED) is 0.678. The van der Waals surface area contributed by atoms with Crippen LogP contribution in [0.25, 0.3) is 0 Å². The molecule has 0 unspecified atom stereocenters. The molecular weight excluding hydrogens is 340 g/mol. The fourth-order valence-corrected chi connectivity index (χ4v) is 2.74. The van der Waals surface area contributed by atoms with Crippen molar-refractivity contribution in [3.8, 4) is 11.5 Å². The molecule has 0 saturated heterocycles. The lowest BCUT2D eigenvalue weighted by Gasteiger charge is -2.14. The normalized spacial score (nSPS) is 10.6. The van der Waals surface area contributed by atoms with Crippen molar-refractivity contribution in [2.75, 3.05) is 26.1 Å². The lowest BCUT2D eigenvalue weighted by atomic mass is 10.1. The van der Waals surface area contributed by atoms with E-state index in [0.717, 1.165) is 30.5 Å². The van der Waals surface area contributed by atoms with Gasteiger partial charge in [0.25, 0.3) is 5.56 Å². The van der Waals surface area contributed by atoms with Crippen LogP contribution in [0.1, 0.15) is 31.7 Å². The molecule has 1 aromatic heterocycles. The Kier molecular flexibility index (Phi) is 7.19. The van der Waals surface area contributed by atoms with Crippen LogP contribution in [0.3, 0.4) is 0 Å². The Labute approximate surface area is 153 Å². The van der Waals surface area contributed by atoms with E-state index in [2.05, 4.69) is 12.2 Å². The smallest absolute Gasteiger partial charge is 0.254 e. The Morgan fingerprint density at radius 2 is 2.04 bits per heavy atom. The van der Waals surface area contributed by atoms with E-state index in [1.807, 2.05) is 6.07 Å². The van der Waals surface area contributed by atoms with E-state index in [1.165, 1.54) is 6.07 Å². The summed E-state index contributed by atoms with van der Waals surface area (Å²) in [6, 6.07) is 6.96. The maximum atomic E-state index is 12.3. The molecule has 6 heteroatoms. The molecule has 0 radical (unpaired) electrons. The first-order chi connectivity index (χ1) is 12.1. The topological polar surface area (TPSA) is 52.5 Å². The standard InChI is InChI=1S/C19H25ClN2O3/c1-4-5-6-9-25-15-7-8-22(19(23)11-15)13-14-10-18(24-3)17(21-2)12-16(14)20/h7-8,10-12,21H,4-6,9,13H2,1-3H3. The molecule has 0 aliphatic carbocycles. The van der Waals surface area contributed by atoms with Crippen molar-refractivity contribution in [3.05, 3.63) is 51.4 Å². The van der Waals surface area contributed by atoms with Crippen LogP contribution in [0.4, 0.5) is 5.69 Å². The van der Waals surface area contributed by atoms with Crippen molar-refractivity contribution in [2.45, 2.75) is 32.7 Å². The van der Waals surface area contributed by atoms with Crippen molar-refractivity contribution < 1.29 is 9.47 Å². The molecule has 0 fully saturated rings. The summed E-state index contributed by atoms with van der Waals surface area (Å²) < 4.78 is 12.6. The molecule has 0 saturated carbocycles. The van der Waals surface area contributed by atoms with Gasteiger partial charge >= 0.3 is 0 Å². The van der Waals surface area contributed by atoms with Gasteiger partial charge in [0.1, 0.15) is 11.5 Å². The molecule has 25 heavy (non-hydrogen) atoms. The molecule has 0 aliphatic rings. The molecular formula is C19H25ClN2O3. The Hall–Kier alpha value is -2.14. The molecule has 0 bridgehead atoms. The minimum absolute atomic E-state index is 0.124. The molecule has 0 spiro atoms. The highest BCUT2D eigenvalue weighted by Crippen LogP contribution is 2.31. The molecule has 1 heterocycles. The van der Waals surface area contributed by atoms with E-state index in [9.17, 15) is 4.79 Å². The van der Waals surface area contributed by atoms with E-state index in [1.54, 1.807) is 37.1 Å². The molecule has 0 atom stereocenters. The van der Waals surface area contributed by atoms with E-state index in [0.29, 0.717) is 29.7 Å². The second kappa shape index (κ2) is 9.37. The van der Waals surface area contributed by atoms with E-state index in [4.69, 9.17) is 21.1 Å². The number of anilines is 1. The van der Waals surface area contributed by atoms with Crippen LogP contribution in [0, 0.1) is 0 Å². The zero-order chi connectivity index (χ0) is 18.2. The van der Waals surface area contributed by atoms with Gasteiger partial charge in [0.15, 0.2) is 0 Å². The third-order valence-corrected chi connectivity index (χ3v) is 4.31. The predicted molar refractivity (Wildman–Crippen MR) is 102 cm³/mol. The number of aromatic nitrogens is 1. The summed E-state index contributed by atoms with van der Waals surface area (Å²) in [5, 5.41) is 3.61. The average Bonchev–Trinajstić information content (AvgIpc) is 2.62. The number of ether oxygens (including phenoxy) is 2. The molecule has 136 valence electrons. The summed E-state index contributed by atoms with van der Waals surface area (Å²) in [4.78, 5) is 12.3. The van der Waals surface area contributed by atoms with Crippen LogP contribution in [-0.4, -0.2) is 25.3 Å². The number of rotatable bonds is 9. The van der Waals surface area contributed by atoms with Crippen molar-refractivity contribution in [1.29, 1.82) is 0 Å². The van der Waals surface area contributed by atoms with Crippen LogP contribution in [0.5, 0.6) is 11.5 Å². The monoisotopic (exact) mass is 364 g/mol. The van der Waals surface area contributed by atoms with E-state index >= 15 is 0 Å². The summed E-state index contributed by atoms with van der Waals surface area (Å²) in [6.45, 7) is 3.14. The maximum Gasteiger partial charge on any atom is 0.254 e. The highest BCUT2D eigenvalue weighted by atomic mass is 35.5. The van der Waals surface area contributed by atoms with E-state index in [-0.39, 0.29) is 5.56 Å². The molecule has 5 nitrogen and oxygen atoms in total. The number of unbranched alkanes of at least 4 members (excludes halogenated alkanes) is 2. The summed E-state index contributed by atoms with van der Waals surface area (Å²) in [6.07, 6.45) is 4.99. The third kappa shape index (κ3) is 5.16. The molecule has 0 aliphatic heterocycles. The summed E-state index contributed by atoms with van der Waals surface area (Å²) in [5.74, 6) is 1.29. The average molecular weight is 365 g/mol. The minimum Gasteiger partial charge on any atom is -0.495 e. The number of benzene rings is 1. The molecule has 2 rings (SSSR count). The predicted octanol–water partition coefficient (Wildman–Crippen LogP) is 4.17. The second-order valence-corrected chi connectivity index (χ2v) is 6.19. The van der Waals surface area contributed by atoms with Crippen LogP contribution in [0.15, 0.2) is 35.3 Å². The molecule has 0 amide bonds. The molecule has 2 aromatic rings. The largest absolute Gasteiger partial charge is 0.495 e. The van der Waals surface area contributed by atoms with Crippen molar-refractivity contribution in [3.63, 3.8) is 0 Å². The zero-order valence-electron chi connectivity index (χ0n) is 15.0. The van der Waals surface area contributed by atoms with Crippen LogP contribution < -0.4 is 20.3 Å². The second-order valence-electron chi connectivity index (χ2n) is 5.78. The number of methoxy groups -OCH3 is 1. The lowest BCUT2D eigenvalue weighted by Crippen LogP contribution is -2.19. The minimum atomic E-state index is -0.124. The van der Waals surface area contributed by atoms with Crippen molar-refractivity contribution in [1.82, 2.24) is 4.57 Å². The number of halogens is 1. The van der Waals surface area contributed by atoms with Crippen LogP contribution >= 0.6 is 11.6 Å². The highest BCUT2D eigenvalue weighted by Gasteiger charge is 2.10. The number of pyridine rings is 1. The number of nitrogens with zero attached hydrogens (tertiary/aromatic N) is 1. The van der Waals surface area contributed by atoms with Crippen LogP contribution in [-0.2, 0) is 6.54 Å². The molecule has 1 aromatic carbocycles. The third-order valence-electron chi connectivity index (χ3n) is 3.96. The van der Waals surface area contributed by atoms with Gasteiger partial charge in [-0.25, -0.2) is 0 Å². The summed E-state index contributed by atoms with van der Waals surface area (Å²) in [5.41, 5.74) is 1.50. The summed E-state index contributed by atoms with van der Waals surface area (Å²) >= 11 is 6.33. The first-order valence-electron chi connectivity index (χ1n) is 8.46. The number of hydrogen-bond donors (Lipinski definition) is 1. The van der Waals surface area contributed by atoms with Gasteiger partial charge in [-0.2, -0.15) is 0 Å². The van der Waals surface area contributed by atoms with Gasteiger partial charge in [0.05, 0.1) is 25.9 Å². The fraction of sp³-hybridized carbons (Fsp3) is 0.421. The van der Waals surface area contributed by atoms with Crippen LogP contribution in [0.2, 0.25) is 5.02 Å². The Morgan fingerprint density at radius 1 is 1.24 bits per heavy atom. The van der Waals surface area contributed by atoms with Gasteiger partial charge in [-0.05, 0) is 30.2 Å². The fourth-order valence-electron chi connectivity index (χ4n) is 2.52. The molecule has 1 N–H and O–H groups in total. The van der Waals surface area contributed by atoms with Gasteiger partial charge in [-0.1, -0.05) is 31.4 Å². The lowest BCUT2D eigenvalue weighted by molar-refractivity contribution is 0.305. The maximum absolute atomic E-state index is 12.3. The van der Waals surface area contributed by atoms with Gasteiger partial charge in [0.2, 0.25) is 0 Å². The Bertz CT molecular complexity index is 759. The Morgan fingerprint density at radius 3 is 2.68 bits per heavy atom. The van der Waals surface area contributed by atoms with Gasteiger partial charge < -0.3 is 19.4 Å². The van der Waals surface area contributed by atoms with Crippen molar-refractivity contribution in [2.24, 2.45) is 0 Å². The first-order valence-corrected chi connectivity index (χ1v) is 8.84. The highest BCUT2D eigenvalue weighted by molar-refractivity contribution is 6.31. The van der Waals surface area contributed by atoms with Crippen molar-refractivity contribution >= 4 is 17.3 Å². The van der Waals surface area contributed by atoms with Gasteiger partial charge in [0, 0.05) is 24.3 Å². The summed E-state index contributed by atoms with van der Waals surface area (Å²) in [7, 11) is 3.41. The zero-order valence-corrected chi connectivity index (χ0v) is 15.7. The number of nitrogens with one attached hydrogen (secondary N) is 1. The van der Waals surface area contributed by atoms with Gasteiger partial charge in [-0.3, -0.25) is 4.79 Å². The Balaban J connectivity index is 2.14. The SMILES string of the molecule is CCCCCOc1ccn(Cc2cc(OC)c(NC)cc2Cl)c(=O)c1.